The summed E-state index contributed by atoms with van der Waals surface area (Å²) in [6.07, 6.45) is 2.00. The summed E-state index contributed by atoms with van der Waals surface area (Å²) in [4.78, 5) is 13.4. The van der Waals surface area contributed by atoms with Gasteiger partial charge in [0.1, 0.15) is 0 Å². The number of carboxylic acids is 1. The second-order valence-electron chi connectivity index (χ2n) is 6.19. The number of piperidine rings is 1. The summed E-state index contributed by atoms with van der Waals surface area (Å²) in [5, 5.41) is 10.6. The topological polar surface area (TPSA) is 40.5 Å². The highest BCUT2D eigenvalue weighted by atomic mass is 35.5. The number of aromatic carboxylic acids is 1. The van der Waals surface area contributed by atoms with E-state index in [4.69, 9.17) is 28.3 Å². The largest absolute Gasteiger partial charge is 0.478 e. The van der Waals surface area contributed by atoms with Gasteiger partial charge < -0.3 is 5.11 Å². The average molecular weight is 364 g/mol. The van der Waals surface area contributed by atoms with Crippen LogP contribution in [-0.4, -0.2) is 29.1 Å². The Balaban J connectivity index is 1.63. The van der Waals surface area contributed by atoms with Crippen molar-refractivity contribution in [1.29, 1.82) is 0 Å². The molecule has 0 aliphatic carbocycles. The molecule has 3 rings (SSSR count). The second kappa shape index (κ2) is 7.56. The molecule has 0 amide bonds. The van der Waals surface area contributed by atoms with E-state index in [1.807, 2.05) is 24.3 Å². The fraction of sp³-hybridized carbons (Fsp3) is 0.316. The molecule has 0 unspecified atom stereocenters. The predicted molar refractivity (Wildman–Crippen MR) is 97.1 cm³/mol. The van der Waals surface area contributed by atoms with E-state index in [1.165, 1.54) is 0 Å². The SMILES string of the molecule is O=C(O)c1cccc(CN2CCC(c3c(Cl)cccc3Cl)CC2)c1. The highest BCUT2D eigenvalue weighted by Gasteiger charge is 2.24. The Bertz CT molecular complexity index is 720. The quantitative estimate of drug-likeness (QED) is 0.823. The summed E-state index contributed by atoms with van der Waals surface area (Å²) in [6.45, 7) is 2.66. The van der Waals surface area contributed by atoms with E-state index in [0.29, 0.717) is 11.5 Å². The van der Waals surface area contributed by atoms with E-state index < -0.39 is 5.97 Å². The molecule has 1 fully saturated rings. The van der Waals surface area contributed by atoms with Crippen LogP contribution in [0.4, 0.5) is 0 Å². The van der Waals surface area contributed by atoms with Crippen molar-refractivity contribution >= 4 is 29.2 Å². The summed E-state index contributed by atoms with van der Waals surface area (Å²) >= 11 is 12.6. The molecule has 0 atom stereocenters. The Labute approximate surface area is 151 Å². The van der Waals surface area contributed by atoms with Crippen molar-refractivity contribution < 1.29 is 9.90 Å². The minimum atomic E-state index is -0.885. The van der Waals surface area contributed by atoms with Gasteiger partial charge in [0, 0.05) is 16.6 Å². The molecule has 2 aromatic rings. The zero-order valence-corrected chi connectivity index (χ0v) is 14.7. The van der Waals surface area contributed by atoms with Crippen LogP contribution >= 0.6 is 23.2 Å². The van der Waals surface area contributed by atoms with Crippen LogP contribution in [0.25, 0.3) is 0 Å². The predicted octanol–water partition coefficient (Wildman–Crippen LogP) is 5.07. The van der Waals surface area contributed by atoms with Crippen LogP contribution in [0.1, 0.15) is 40.2 Å². The molecule has 1 aliphatic heterocycles. The molecule has 0 aromatic heterocycles. The van der Waals surface area contributed by atoms with E-state index in [-0.39, 0.29) is 0 Å². The number of hydrogen-bond acceptors (Lipinski definition) is 2. The van der Waals surface area contributed by atoms with Crippen molar-refractivity contribution in [3.8, 4) is 0 Å². The van der Waals surface area contributed by atoms with E-state index in [1.54, 1.807) is 18.2 Å². The third kappa shape index (κ3) is 3.92. The van der Waals surface area contributed by atoms with Crippen molar-refractivity contribution in [2.24, 2.45) is 0 Å². The molecule has 0 spiro atoms. The summed E-state index contributed by atoms with van der Waals surface area (Å²) in [5.74, 6) is -0.503. The smallest absolute Gasteiger partial charge is 0.335 e. The van der Waals surface area contributed by atoms with Gasteiger partial charge in [0.25, 0.3) is 0 Å². The monoisotopic (exact) mass is 363 g/mol. The van der Waals surface area contributed by atoms with Crippen LogP contribution in [0.15, 0.2) is 42.5 Å². The van der Waals surface area contributed by atoms with Crippen LogP contribution in [-0.2, 0) is 6.54 Å². The van der Waals surface area contributed by atoms with Crippen molar-refractivity contribution in [3.63, 3.8) is 0 Å². The fourth-order valence-corrected chi connectivity index (χ4v) is 4.05. The fourth-order valence-electron chi connectivity index (χ4n) is 3.34. The van der Waals surface area contributed by atoms with Crippen molar-refractivity contribution in [2.45, 2.75) is 25.3 Å². The first-order chi connectivity index (χ1) is 11.5. The van der Waals surface area contributed by atoms with Gasteiger partial charge in [0.15, 0.2) is 0 Å². The first-order valence-corrected chi connectivity index (χ1v) is 8.78. The number of benzene rings is 2. The van der Waals surface area contributed by atoms with Gasteiger partial charge in [-0.1, -0.05) is 41.4 Å². The van der Waals surface area contributed by atoms with Crippen molar-refractivity contribution in [2.75, 3.05) is 13.1 Å². The van der Waals surface area contributed by atoms with E-state index in [2.05, 4.69) is 4.90 Å². The number of halogens is 2. The molecule has 1 saturated heterocycles. The number of hydrogen-bond donors (Lipinski definition) is 1. The zero-order chi connectivity index (χ0) is 17.1. The average Bonchev–Trinajstić information content (AvgIpc) is 2.56. The normalized spacial score (nSPS) is 16.2. The standard InChI is InChI=1S/C19H19Cl2NO2/c20-16-5-2-6-17(21)18(16)14-7-9-22(10-8-14)12-13-3-1-4-15(11-13)19(23)24/h1-6,11,14H,7-10,12H2,(H,23,24). The number of likely N-dealkylation sites (tertiary alicyclic amines) is 1. The first-order valence-electron chi connectivity index (χ1n) is 8.03. The van der Waals surface area contributed by atoms with Gasteiger partial charge in [-0.05, 0) is 67.2 Å². The maximum atomic E-state index is 11.1. The minimum absolute atomic E-state index is 0.338. The summed E-state index contributed by atoms with van der Waals surface area (Å²) in [7, 11) is 0. The second-order valence-corrected chi connectivity index (χ2v) is 7.01. The Morgan fingerprint density at radius 2 is 1.71 bits per heavy atom. The van der Waals surface area contributed by atoms with Gasteiger partial charge in [0.2, 0.25) is 0 Å². The molecule has 3 nitrogen and oxygen atoms in total. The van der Waals surface area contributed by atoms with Crippen LogP contribution in [0, 0.1) is 0 Å². The molecule has 126 valence electrons. The van der Waals surface area contributed by atoms with Crippen LogP contribution in [0.3, 0.4) is 0 Å². The molecule has 1 N–H and O–H groups in total. The lowest BCUT2D eigenvalue weighted by Gasteiger charge is -2.33. The highest BCUT2D eigenvalue weighted by molar-refractivity contribution is 6.36. The highest BCUT2D eigenvalue weighted by Crippen LogP contribution is 2.37. The van der Waals surface area contributed by atoms with Gasteiger partial charge in [-0.3, -0.25) is 4.90 Å². The Kier molecular flexibility index (Phi) is 5.44. The third-order valence-corrected chi connectivity index (χ3v) is 5.23. The third-order valence-electron chi connectivity index (χ3n) is 4.58. The van der Waals surface area contributed by atoms with Crippen LogP contribution in [0.5, 0.6) is 0 Å². The van der Waals surface area contributed by atoms with Crippen molar-refractivity contribution in [3.05, 3.63) is 69.2 Å². The maximum absolute atomic E-state index is 11.1. The van der Waals surface area contributed by atoms with Gasteiger partial charge >= 0.3 is 5.97 Å². The van der Waals surface area contributed by atoms with E-state index >= 15 is 0 Å². The van der Waals surface area contributed by atoms with Gasteiger partial charge in [-0.2, -0.15) is 0 Å². The summed E-state index contributed by atoms with van der Waals surface area (Å²) in [5.41, 5.74) is 2.43. The molecule has 1 aliphatic rings. The summed E-state index contributed by atoms with van der Waals surface area (Å²) in [6, 6.07) is 12.8. The van der Waals surface area contributed by atoms with E-state index in [0.717, 1.165) is 53.6 Å². The maximum Gasteiger partial charge on any atom is 0.335 e. The molecule has 2 aromatic carbocycles. The number of carbonyl (C=O) groups is 1. The zero-order valence-electron chi connectivity index (χ0n) is 13.2. The van der Waals surface area contributed by atoms with Crippen LogP contribution < -0.4 is 0 Å². The lowest BCUT2D eigenvalue weighted by atomic mass is 9.89. The van der Waals surface area contributed by atoms with Gasteiger partial charge in [0.05, 0.1) is 5.56 Å². The molecule has 0 saturated carbocycles. The molecule has 0 radical (unpaired) electrons. The number of carboxylic acid groups (broad SMARTS) is 1. The van der Waals surface area contributed by atoms with Gasteiger partial charge in [-0.15, -0.1) is 0 Å². The minimum Gasteiger partial charge on any atom is -0.478 e. The van der Waals surface area contributed by atoms with Crippen LogP contribution in [0.2, 0.25) is 10.0 Å². The molecule has 5 heteroatoms. The number of rotatable bonds is 4. The first kappa shape index (κ1) is 17.3. The number of nitrogens with zero attached hydrogens (tertiary/aromatic N) is 1. The molecule has 0 bridgehead atoms. The molecular formula is C19H19Cl2NO2. The molecular weight excluding hydrogens is 345 g/mol. The van der Waals surface area contributed by atoms with E-state index in [9.17, 15) is 4.79 Å². The Morgan fingerprint density at radius 3 is 2.33 bits per heavy atom. The van der Waals surface area contributed by atoms with Gasteiger partial charge in [-0.25, -0.2) is 4.79 Å². The lowest BCUT2D eigenvalue weighted by molar-refractivity contribution is 0.0696. The Hall–Kier alpha value is -1.55. The molecule has 1 heterocycles. The lowest BCUT2D eigenvalue weighted by Crippen LogP contribution is -2.32. The molecule has 24 heavy (non-hydrogen) atoms. The Morgan fingerprint density at radius 1 is 1.08 bits per heavy atom. The van der Waals surface area contributed by atoms with Crippen molar-refractivity contribution in [1.82, 2.24) is 4.90 Å². The summed E-state index contributed by atoms with van der Waals surface area (Å²) < 4.78 is 0.